The lowest BCUT2D eigenvalue weighted by Gasteiger charge is -2.21. The Labute approximate surface area is 361 Å². The third kappa shape index (κ3) is 6.07. The number of amidine groups is 2. The zero-order valence-electron chi connectivity index (χ0n) is 33.9. The highest BCUT2D eigenvalue weighted by Crippen LogP contribution is 2.47. The molecule has 1 N–H and O–H groups in total. The summed E-state index contributed by atoms with van der Waals surface area (Å²) in [5.74, 6) is 0.554. The maximum Gasteiger partial charge on any atom is 0.161 e. The van der Waals surface area contributed by atoms with Crippen LogP contribution >= 0.6 is 0 Å². The number of fused-ring (bicyclic) bond motifs is 11. The minimum absolute atomic E-state index is 0.101. The lowest BCUT2D eigenvalue weighted by molar-refractivity contribution is 0.664. The highest BCUT2D eigenvalue weighted by molar-refractivity contribution is 6.28. The number of para-hydroxylation sites is 2. The average Bonchev–Trinajstić information content (AvgIpc) is 4.03. The van der Waals surface area contributed by atoms with Gasteiger partial charge in [-0.3, -0.25) is 5.41 Å². The highest BCUT2D eigenvalue weighted by atomic mass is 16.3. The Balaban J connectivity index is 1.14. The second-order valence-electron chi connectivity index (χ2n) is 15.7. The van der Waals surface area contributed by atoms with E-state index in [-0.39, 0.29) is 5.84 Å². The number of benzene rings is 9. The minimum Gasteiger partial charge on any atom is -0.456 e. The van der Waals surface area contributed by atoms with Crippen molar-refractivity contribution in [3.05, 3.63) is 223 Å². The fourth-order valence-corrected chi connectivity index (χ4v) is 9.08. The fourth-order valence-electron chi connectivity index (χ4n) is 9.08. The Morgan fingerprint density at radius 3 is 1.73 bits per heavy atom. The number of furan rings is 2. The molecule has 3 aromatic heterocycles. The van der Waals surface area contributed by atoms with Crippen LogP contribution in [0.5, 0.6) is 0 Å². The van der Waals surface area contributed by atoms with E-state index >= 15 is 0 Å². The standard InChI is InChI=1S/C57H36N4O2/c58-56(60-57(39-23-11-4-12-24-39)59-35-36-17-5-1-6-18-36)40-33-45(37-19-7-2-8-20-37)53(46(34-40)38-21-9-3-10-22-38)61-47-27-15-13-25-43(47)51-48(61)31-29-41-42-30-32-50-52(55(42)63-54(41)51)44-26-14-16-28-49(44)62-50/h1-35,58H/b58-56?,59-35+,60-57-. The van der Waals surface area contributed by atoms with Crippen LogP contribution < -0.4 is 0 Å². The first-order chi connectivity index (χ1) is 31.2. The van der Waals surface area contributed by atoms with Gasteiger partial charge in [0.1, 0.15) is 22.3 Å². The van der Waals surface area contributed by atoms with Crippen LogP contribution in [0.25, 0.3) is 93.6 Å². The molecule has 6 heteroatoms. The topological polar surface area (TPSA) is 79.8 Å². The van der Waals surface area contributed by atoms with Gasteiger partial charge in [-0.15, -0.1) is 0 Å². The Hall–Kier alpha value is -8.61. The van der Waals surface area contributed by atoms with Gasteiger partial charge < -0.3 is 13.4 Å². The number of hydrogen-bond donors (Lipinski definition) is 1. The first-order valence-corrected chi connectivity index (χ1v) is 21.0. The molecule has 0 fully saturated rings. The summed E-state index contributed by atoms with van der Waals surface area (Å²) >= 11 is 0. The summed E-state index contributed by atoms with van der Waals surface area (Å²) in [4.78, 5) is 9.81. The van der Waals surface area contributed by atoms with Crippen LogP contribution in [0.4, 0.5) is 0 Å². The van der Waals surface area contributed by atoms with Gasteiger partial charge in [0.05, 0.1) is 27.5 Å². The summed E-state index contributed by atoms with van der Waals surface area (Å²) in [6, 6.07) is 70.2. The number of nitrogens with zero attached hydrogens (tertiary/aromatic N) is 3. The van der Waals surface area contributed by atoms with Gasteiger partial charge in [-0.2, -0.15) is 0 Å². The second kappa shape index (κ2) is 14.8. The van der Waals surface area contributed by atoms with Crippen LogP contribution in [-0.4, -0.2) is 22.5 Å². The molecule has 296 valence electrons. The van der Waals surface area contributed by atoms with E-state index in [0.29, 0.717) is 11.4 Å². The van der Waals surface area contributed by atoms with E-state index in [2.05, 4.69) is 120 Å². The van der Waals surface area contributed by atoms with Crippen molar-refractivity contribution in [1.82, 2.24) is 4.57 Å². The largest absolute Gasteiger partial charge is 0.456 e. The van der Waals surface area contributed by atoms with Crippen molar-refractivity contribution in [2.75, 3.05) is 0 Å². The number of nitrogens with one attached hydrogen (secondary N) is 1. The molecule has 12 rings (SSSR count). The molecular formula is C57H36N4O2. The summed E-state index contributed by atoms with van der Waals surface area (Å²) in [5, 5.41) is 15.9. The highest BCUT2D eigenvalue weighted by Gasteiger charge is 2.25. The van der Waals surface area contributed by atoms with Crippen LogP contribution in [0, 0.1) is 5.41 Å². The number of aliphatic imine (C=N–C) groups is 2. The van der Waals surface area contributed by atoms with Crippen LogP contribution in [0.2, 0.25) is 0 Å². The van der Waals surface area contributed by atoms with Crippen molar-refractivity contribution in [3.8, 4) is 27.9 Å². The normalized spacial score (nSPS) is 12.2. The molecule has 3 heterocycles. The molecule has 0 atom stereocenters. The molecule has 63 heavy (non-hydrogen) atoms. The van der Waals surface area contributed by atoms with Gasteiger partial charge in [-0.25, -0.2) is 9.98 Å². The average molecular weight is 809 g/mol. The lowest BCUT2D eigenvalue weighted by Crippen LogP contribution is -2.07. The molecule has 6 nitrogen and oxygen atoms in total. The van der Waals surface area contributed by atoms with Gasteiger partial charge in [0, 0.05) is 50.0 Å². The van der Waals surface area contributed by atoms with E-state index in [4.69, 9.17) is 18.8 Å². The van der Waals surface area contributed by atoms with Gasteiger partial charge >= 0.3 is 0 Å². The summed E-state index contributed by atoms with van der Waals surface area (Å²) in [6.07, 6.45) is 1.80. The molecule has 0 unspecified atom stereocenters. The van der Waals surface area contributed by atoms with Crippen LogP contribution in [0.15, 0.2) is 225 Å². The zero-order valence-corrected chi connectivity index (χ0v) is 33.9. The van der Waals surface area contributed by atoms with E-state index < -0.39 is 0 Å². The van der Waals surface area contributed by atoms with Crippen LogP contribution in [0.3, 0.4) is 0 Å². The predicted octanol–water partition coefficient (Wildman–Crippen LogP) is 14.8. The Morgan fingerprint density at radius 2 is 1.03 bits per heavy atom. The minimum atomic E-state index is 0.101. The molecule has 0 radical (unpaired) electrons. The van der Waals surface area contributed by atoms with Crippen molar-refractivity contribution >= 4 is 83.6 Å². The summed E-state index contributed by atoms with van der Waals surface area (Å²) in [6.45, 7) is 0. The Kier molecular flexibility index (Phi) is 8.54. The summed E-state index contributed by atoms with van der Waals surface area (Å²) < 4.78 is 15.7. The van der Waals surface area contributed by atoms with Gasteiger partial charge in [-0.1, -0.05) is 158 Å². The summed E-state index contributed by atoms with van der Waals surface area (Å²) in [5.41, 5.74) is 12.7. The van der Waals surface area contributed by atoms with Crippen molar-refractivity contribution in [3.63, 3.8) is 0 Å². The maximum atomic E-state index is 9.67. The SMILES string of the molecule is N=C(/N=C(\N=C\c1ccccc1)c1ccccc1)c1cc(-c2ccccc2)c(-n2c3ccccc3c3c4oc5c(ccc6oc7ccccc7c65)c4ccc32)c(-c2ccccc2)c1. The van der Waals surface area contributed by atoms with Crippen molar-refractivity contribution < 1.29 is 8.83 Å². The van der Waals surface area contributed by atoms with Gasteiger partial charge in [0.15, 0.2) is 11.7 Å². The van der Waals surface area contributed by atoms with Crippen LogP contribution in [0.1, 0.15) is 16.7 Å². The zero-order chi connectivity index (χ0) is 41.9. The van der Waals surface area contributed by atoms with E-state index in [1.165, 1.54) is 0 Å². The quantitative estimate of drug-likeness (QED) is 0.134. The second-order valence-corrected chi connectivity index (χ2v) is 15.7. The van der Waals surface area contributed by atoms with E-state index in [1.54, 1.807) is 6.21 Å². The lowest BCUT2D eigenvalue weighted by atomic mass is 9.92. The van der Waals surface area contributed by atoms with E-state index in [9.17, 15) is 5.41 Å². The van der Waals surface area contributed by atoms with E-state index in [0.717, 1.165) is 105 Å². The Bertz CT molecular complexity index is 3720. The molecule has 0 saturated heterocycles. The van der Waals surface area contributed by atoms with E-state index in [1.807, 2.05) is 91.0 Å². The Morgan fingerprint density at radius 1 is 0.460 bits per heavy atom. The molecule has 12 aromatic rings. The van der Waals surface area contributed by atoms with Gasteiger partial charge in [0.25, 0.3) is 0 Å². The molecule has 9 aromatic carbocycles. The molecule has 0 amide bonds. The fraction of sp³-hybridized carbons (Fsp3) is 0. The smallest absolute Gasteiger partial charge is 0.161 e. The third-order valence-electron chi connectivity index (χ3n) is 11.9. The first-order valence-electron chi connectivity index (χ1n) is 21.0. The molecule has 0 bridgehead atoms. The number of aromatic nitrogens is 1. The molecule has 0 aliphatic carbocycles. The maximum absolute atomic E-state index is 9.67. The molecule has 0 spiro atoms. The van der Waals surface area contributed by atoms with Crippen molar-refractivity contribution in [2.24, 2.45) is 9.98 Å². The summed E-state index contributed by atoms with van der Waals surface area (Å²) in [7, 11) is 0. The van der Waals surface area contributed by atoms with Crippen LogP contribution in [-0.2, 0) is 0 Å². The molecule has 0 saturated carbocycles. The molecule has 0 aliphatic heterocycles. The van der Waals surface area contributed by atoms with Gasteiger partial charge in [0.2, 0.25) is 0 Å². The monoisotopic (exact) mass is 808 g/mol. The molecular weight excluding hydrogens is 773 g/mol. The molecule has 0 aliphatic rings. The van der Waals surface area contributed by atoms with Gasteiger partial charge in [-0.05, 0) is 65.2 Å². The van der Waals surface area contributed by atoms with Crippen molar-refractivity contribution in [1.29, 1.82) is 5.41 Å². The predicted molar refractivity (Wildman–Crippen MR) is 260 cm³/mol. The van der Waals surface area contributed by atoms with Crippen molar-refractivity contribution in [2.45, 2.75) is 0 Å². The number of rotatable bonds is 6. The number of hydrogen-bond acceptors (Lipinski definition) is 3. The first kappa shape index (κ1) is 36.3. The third-order valence-corrected chi connectivity index (χ3v) is 11.9.